The van der Waals surface area contributed by atoms with Crippen molar-refractivity contribution >= 4 is 39.7 Å². The van der Waals surface area contributed by atoms with Gasteiger partial charge in [-0.1, -0.05) is 29.8 Å². The molecule has 0 saturated carbocycles. The molecule has 0 aliphatic carbocycles. The second-order valence-electron chi connectivity index (χ2n) is 6.99. The zero-order valence-electron chi connectivity index (χ0n) is 16.1. The van der Waals surface area contributed by atoms with Crippen LogP contribution < -0.4 is 10.5 Å². The molecule has 1 fully saturated rings. The lowest BCUT2D eigenvalue weighted by Crippen LogP contribution is -2.49. The summed E-state index contributed by atoms with van der Waals surface area (Å²) >= 11 is 5.90. The number of amides is 1. The number of carbonyl (C=O) groups is 1. The summed E-state index contributed by atoms with van der Waals surface area (Å²) in [5, 5.41) is 16.8. The average Bonchev–Trinajstić information content (AvgIpc) is 2.76. The van der Waals surface area contributed by atoms with Crippen molar-refractivity contribution < 1.29 is 9.72 Å². The first kappa shape index (κ1) is 19.8. The molecular formula is C20H18ClN5O4. The zero-order chi connectivity index (χ0) is 21.4. The summed E-state index contributed by atoms with van der Waals surface area (Å²) in [6.07, 6.45) is 0. The highest BCUT2D eigenvalue weighted by molar-refractivity contribution is 6.30. The monoisotopic (exact) mass is 427 g/mol. The molecule has 0 unspecified atom stereocenters. The first-order valence-corrected chi connectivity index (χ1v) is 9.69. The van der Waals surface area contributed by atoms with E-state index < -0.39 is 4.92 Å². The molecular weight excluding hydrogens is 410 g/mol. The molecule has 0 radical (unpaired) electrons. The Balaban J connectivity index is 1.58. The highest BCUT2D eigenvalue weighted by Gasteiger charge is 2.28. The van der Waals surface area contributed by atoms with E-state index in [9.17, 15) is 19.7 Å². The summed E-state index contributed by atoms with van der Waals surface area (Å²) in [6.45, 7) is 1.60. The van der Waals surface area contributed by atoms with Gasteiger partial charge in [0.2, 0.25) is 0 Å². The Hall–Kier alpha value is -3.46. The van der Waals surface area contributed by atoms with Gasteiger partial charge in [0, 0.05) is 49.7 Å². The molecule has 1 aliphatic rings. The number of nitro benzene ring substituents is 1. The Labute approximate surface area is 176 Å². The molecule has 0 spiro atoms. The van der Waals surface area contributed by atoms with Crippen LogP contribution >= 0.6 is 11.6 Å². The van der Waals surface area contributed by atoms with Crippen molar-refractivity contribution in [3.8, 4) is 0 Å². The molecule has 3 aromatic rings. The average molecular weight is 428 g/mol. The van der Waals surface area contributed by atoms with Crippen LogP contribution in [0.3, 0.4) is 0 Å². The summed E-state index contributed by atoms with van der Waals surface area (Å²) < 4.78 is 1.17. The van der Waals surface area contributed by atoms with E-state index in [-0.39, 0.29) is 22.8 Å². The van der Waals surface area contributed by atoms with Crippen LogP contribution in [0.1, 0.15) is 10.5 Å². The predicted octanol–water partition coefficient (Wildman–Crippen LogP) is 2.46. The number of benzene rings is 2. The quantitative estimate of drug-likeness (QED) is 0.470. The lowest BCUT2D eigenvalue weighted by atomic mass is 10.1. The van der Waals surface area contributed by atoms with Gasteiger partial charge in [-0.05, 0) is 18.2 Å². The van der Waals surface area contributed by atoms with Crippen molar-refractivity contribution in [3.63, 3.8) is 0 Å². The van der Waals surface area contributed by atoms with Gasteiger partial charge in [-0.25, -0.2) is 4.68 Å². The smallest absolute Gasteiger partial charge is 0.294 e. The lowest BCUT2D eigenvalue weighted by molar-refractivity contribution is -0.384. The highest BCUT2D eigenvalue weighted by atomic mass is 35.5. The molecule has 1 saturated heterocycles. The number of aryl methyl sites for hydroxylation is 1. The molecule has 1 aliphatic heterocycles. The van der Waals surface area contributed by atoms with Crippen LogP contribution in [0.15, 0.2) is 47.3 Å². The van der Waals surface area contributed by atoms with Gasteiger partial charge in [-0.3, -0.25) is 19.7 Å². The maximum absolute atomic E-state index is 13.1. The normalized spacial score (nSPS) is 14.2. The number of nitro groups is 1. The van der Waals surface area contributed by atoms with Gasteiger partial charge in [0.05, 0.1) is 10.3 Å². The molecule has 0 N–H and O–H groups in total. The van der Waals surface area contributed by atoms with Crippen LogP contribution in [0.2, 0.25) is 5.02 Å². The summed E-state index contributed by atoms with van der Waals surface area (Å²) in [6, 6.07) is 11.5. The van der Waals surface area contributed by atoms with Crippen molar-refractivity contribution in [2.45, 2.75) is 0 Å². The number of halogens is 1. The molecule has 0 bridgehead atoms. The number of piperazine rings is 1. The van der Waals surface area contributed by atoms with Gasteiger partial charge in [-0.15, -0.1) is 0 Å². The fourth-order valence-corrected chi connectivity index (χ4v) is 3.83. The van der Waals surface area contributed by atoms with Crippen molar-refractivity contribution in [2.24, 2.45) is 7.05 Å². The number of rotatable bonds is 3. The summed E-state index contributed by atoms with van der Waals surface area (Å²) in [4.78, 5) is 39.9. The molecule has 1 aromatic heterocycles. The van der Waals surface area contributed by atoms with Gasteiger partial charge in [0.25, 0.3) is 17.2 Å². The molecule has 4 rings (SSSR count). The van der Waals surface area contributed by atoms with E-state index in [4.69, 9.17) is 11.6 Å². The number of anilines is 1. The maximum Gasteiger partial charge on any atom is 0.294 e. The highest BCUT2D eigenvalue weighted by Crippen LogP contribution is 2.31. The van der Waals surface area contributed by atoms with Crippen molar-refractivity contribution in [3.05, 3.63) is 73.6 Å². The number of carbonyl (C=O) groups excluding carboxylic acids is 1. The molecule has 1 amide bonds. The second kappa shape index (κ2) is 7.75. The number of hydrogen-bond acceptors (Lipinski definition) is 6. The van der Waals surface area contributed by atoms with Gasteiger partial charge in [0.1, 0.15) is 5.69 Å². The van der Waals surface area contributed by atoms with Gasteiger partial charge >= 0.3 is 0 Å². The number of nitrogens with zero attached hydrogens (tertiary/aromatic N) is 5. The minimum Gasteiger partial charge on any atom is -0.362 e. The fraction of sp³-hybridized carbons (Fsp3) is 0.250. The van der Waals surface area contributed by atoms with E-state index in [0.717, 1.165) is 0 Å². The Kier molecular flexibility index (Phi) is 5.13. The van der Waals surface area contributed by atoms with Gasteiger partial charge in [0.15, 0.2) is 5.69 Å². The van der Waals surface area contributed by atoms with Crippen LogP contribution in [-0.2, 0) is 7.05 Å². The molecule has 2 aromatic carbocycles. The van der Waals surface area contributed by atoms with E-state index in [2.05, 4.69) is 5.10 Å². The zero-order valence-corrected chi connectivity index (χ0v) is 16.9. The third-order valence-electron chi connectivity index (χ3n) is 5.20. The van der Waals surface area contributed by atoms with Crippen LogP contribution in [-0.4, -0.2) is 51.7 Å². The van der Waals surface area contributed by atoms with Gasteiger partial charge in [-0.2, -0.15) is 5.10 Å². The van der Waals surface area contributed by atoms with Crippen molar-refractivity contribution in [1.82, 2.24) is 14.7 Å². The third-order valence-corrected chi connectivity index (χ3v) is 5.44. The standard InChI is InChI=1S/C20H18ClN5O4/c1-23-19(27)15-5-3-2-4-14(15)18(22-23)20(28)25-10-8-24(9-11-25)16-7-6-13(21)12-17(16)26(29)30/h2-7,12H,8-11H2,1H3. The Morgan fingerprint density at radius 2 is 1.77 bits per heavy atom. The van der Waals surface area contributed by atoms with Crippen molar-refractivity contribution in [1.29, 1.82) is 0 Å². The first-order valence-electron chi connectivity index (χ1n) is 9.31. The Morgan fingerprint density at radius 3 is 2.43 bits per heavy atom. The van der Waals surface area contributed by atoms with E-state index in [0.29, 0.717) is 47.7 Å². The summed E-state index contributed by atoms with van der Waals surface area (Å²) in [5.74, 6) is -0.271. The largest absolute Gasteiger partial charge is 0.362 e. The van der Waals surface area contributed by atoms with E-state index >= 15 is 0 Å². The third kappa shape index (κ3) is 3.48. The summed E-state index contributed by atoms with van der Waals surface area (Å²) in [5.41, 5.74) is 0.371. The second-order valence-corrected chi connectivity index (χ2v) is 7.43. The Morgan fingerprint density at radius 1 is 1.10 bits per heavy atom. The molecule has 9 nitrogen and oxygen atoms in total. The number of fused-ring (bicyclic) bond motifs is 1. The minimum atomic E-state index is -0.459. The molecule has 2 heterocycles. The molecule has 0 atom stereocenters. The number of hydrogen-bond donors (Lipinski definition) is 0. The minimum absolute atomic E-state index is 0.0620. The van der Waals surface area contributed by atoms with Crippen molar-refractivity contribution in [2.75, 3.05) is 31.1 Å². The van der Waals surface area contributed by atoms with E-state index in [1.54, 1.807) is 41.3 Å². The lowest BCUT2D eigenvalue weighted by Gasteiger charge is -2.35. The molecule has 30 heavy (non-hydrogen) atoms. The fourth-order valence-electron chi connectivity index (χ4n) is 3.67. The predicted molar refractivity (Wildman–Crippen MR) is 113 cm³/mol. The number of aromatic nitrogens is 2. The molecule has 10 heteroatoms. The van der Waals surface area contributed by atoms with Crippen LogP contribution in [0.5, 0.6) is 0 Å². The molecule has 154 valence electrons. The van der Waals surface area contributed by atoms with Crippen LogP contribution in [0.4, 0.5) is 11.4 Å². The van der Waals surface area contributed by atoms with Gasteiger partial charge < -0.3 is 9.80 Å². The Bertz CT molecular complexity index is 1220. The maximum atomic E-state index is 13.1. The van der Waals surface area contributed by atoms with Crippen LogP contribution in [0, 0.1) is 10.1 Å². The summed E-state index contributed by atoms with van der Waals surface area (Å²) in [7, 11) is 1.52. The van der Waals surface area contributed by atoms with E-state index in [1.165, 1.54) is 17.8 Å². The van der Waals surface area contributed by atoms with E-state index in [1.807, 2.05) is 4.90 Å². The van der Waals surface area contributed by atoms with Crippen LogP contribution in [0.25, 0.3) is 10.8 Å². The topological polar surface area (TPSA) is 102 Å². The first-order chi connectivity index (χ1) is 14.4. The SMILES string of the molecule is Cn1nc(C(=O)N2CCN(c3ccc(Cl)cc3[N+](=O)[O-])CC2)c2ccccc2c1=O.